The summed E-state index contributed by atoms with van der Waals surface area (Å²) in [4.78, 5) is 12.4. The Hall–Kier alpha value is -3.19. The van der Waals surface area contributed by atoms with Gasteiger partial charge in [0.15, 0.2) is 5.78 Å². The van der Waals surface area contributed by atoms with E-state index in [0.717, 1.165) is 22.3 Å². The first kappa shape index (κ1) is 15.3. The number of allylic oxidation sites excluding steroid dienone is 4. The summed E-state index contributed by atoms with van der Waals surface area (Å²) < 4.78 is 0. The van der Waals surface area contributed by atoms with Gasteiger partial charge in [-0.3, -0.25) is 4.79 Å². The van der Waals surface area contributed by atoms with Crippen LogP contribution in [0.4, 0.5) is 0 Å². The molecule has 3 aromatic carbocycles. The molecule has 120 valence electrons. The molecule has 0 saturated heterocycles. The Morgan fingerprint density at radius 2 is 1.16 bits per heavy atom. The summed E-state index contributed by atoms with van der Waals surface area (Å²) in [7, 11) is 0. The van der Waals surface area contributed by atoms with Gasteiger partial charge in [-0.25, -0.2) is 0 Å². The molecular weight excluding hydrogens is 304 g/mol. The first-order chi connectivity index (χ1) is 12.3. The van der Waals surface area contributed by atoms with Gasteiger partial charge in [0.2, 0.25) is 0 Å². The SMILES string of the molecule is O=C1CC=CC=C1c1ccccc1-c1ccccc1-c1ccccc1. The number of carbonyl (C=O) groups is 1. The van der Waals surface area contributed by atoms with E-state index in [1.54, 1.807) is 0 Å². The molecule has 0 radical (unpaired) electrons. The van der Waals surface area contributed by atoms with E-state index in [1.165, 1.54) is 11.1 Å². The minimum Gasteiger partial charge on any atom is -0.294 e. The molecule has 4 rings (SSSR count). The molecule has 0 heterocycles. The number of ketones is 1. The number of hydrogen-bond donors (Lipinski definition) is 0. The average Bonchev–Trinajstić information content (AvgIpc) is 2.69. The Morgan fingerprint density at radius 1 is 0.600 bits per heavy atom. The summed E-state index contributed by atoms with van der Waals surface area (Å²) in [5, 5.41) is 0. The number of hydrogen-bond acceptors (Lipinski definition) is 1. The molecule has 0 aromatic heterocycles. The van der Waals surface area contributed by atoms with E-state index in [9.17, 15) is 4.79 Å². The van der Waals surface area contributed by atoms with Crippen molar-refractivity contribution < 1.29 is 4.79 Å². The van der Waals surface area contributed by atoms with Crippen molar-refractivity contribution in [3.63, 3.8) is 0 Å². The molecule has 1 heteroatoms. The molecule has 0 spiro atoms. The zero-order valence-corrected chi connectivity index (χ0v) is 13.9. The maximum absolute atomic E-state index is 12.4. The third kappa shape index (κ3) is 2.97. The van der Waals surface area contributed by atoms with Gasteiger partial charge in [0.05, 0.1) is 0 Å². The fourth-order valence-electron chi connectivity index (χ4n) is 3.32. The van der Waals surface area contributed by atoms with E-state index in [1.807, 2.05) is 42.5 Å². The molecule has 0 fully saturated rings. The lowest BCUT2D eigenvalue weighted by Gasteiger charge is -2.16. The van der Waals surface area contributed by atoms with Crippen molar-refractivity contribution in [3.8, 4) is 22.3 Å². The summed E-state index contributed by atoms with van der Waals surface area (Å²) >= 11 is 0. The molecule has 25 heavy (non-hydrogen) atoms. The van der Waals surface area contributed by atoms with Crippen LogP contribution in [0.5, 0.6) is 0 Å². The van der Waals surface area contributed by atoms with Gasteiger partial charge in [-0.05, 0) is 27.8 Å². The average molecular weight is 322 g/mol. The van der Waals surface area contributed by atoms with Crippen LogP contribution in [0.15, 0.2) is 97.1 Å². The van der Waals surface area contributed by atoms with Crippen LogP contribution in [0.25, 0.3) is 27.8 Å². The van der Waals surface area contributed by atoms with Gasteiger partial charge >= 0.3 is 0 Å². The fourth-order valence-corrected chi connectivity index (χ4v) is 3.32. The van der Waals surface area contributed by atoms with Crippen molar-refractivity contribution >= 4 is 11.4 Å². The van der Waals surface area contributed by atoms with Gasteiger partial charge in [-0.15, -0.1) is 0 Å². The van der Waals surface area contributed by atoms with E-state index in [2.05, 4.69) is 54.6 Å². The van der Waals surface area contributed by atoms with Crippen LogP contribution in [-0.4, -0.2) is 5.78 Å². The maximum atomic E-state index is 12.4. The van der Waals surface area contributed by atoms with Gasteiger partial charge < -0.3 is 0 Å². The van der Waals surface area contributed by atoms with Crippen LogP contribution in [0.1, 0.15) is 12.0 Å². The summed E-state index contributed by atoms with van der Waals surface area (Å²) in [6.45, 7) is 0. The number of carbonyl (C=O) groups excluding carboxylic acids is 1. The van der Waals surface area contributed by atoms with Crippen LogP contribution in [0, 0.1) is 0 Å². The highest BCUT2D eigenvalue weighted by Gasteiger charge is 2.18. The van der Waals surface area contributed by atoms with E-state index in [4.69, 9.17) is 0 Å². The van der Waals surface area contributed by atoms with E-state index in [0.29, 0.717) is 6.42 Å². The van der Waals surface area contributed by atoms with Crippen molar-refractivity contribution in [2.45, 2.75) is 6.42 Å². The lowest BCUT2D eigenvalue weighted by Crippen LogP contribution is -2.04. The predicted molar refractivity (Wildman–Crippen MR) is 104 cm³/mol. The molecular formula is C24H18O. The van der Waals surface area contributed by atoms with Crippen LogP contribution in [0.2, 0.25) is 0 Å². The highest BCUT2D eigenvalue weighted by Crippen LogP contribution is 2.37. The zero-order chi connectivity index (χ0) is 17.1. The van der Waals surface area contributed by atoms with Crippen molar-refractivity contribution in [2.75, 3.05) is 0 Å². The third-order valence-corrected chi connectivity index (χ3v) is 4.52. The third-order valence-electron chi connectivity index (χ3n) is 4.52. The van der Waals surface area contributed by atoms with Gasteiger partial charge in [0.1, 0.15) is 0 Å². The molecule has 0 saturated carbocycles. The molecule has 0 aliphatic heterocycles. The van der Waals surface area contributed by atoms with E-state index >= 15 is 0 Å². The van der Waals surface area contributed by atoms with E-state index < -0.39 is 0 Å². The maximum Gasteiger partial charge on any atom is 0.167 e. The first-order valence-corrected chi connectivity index (χ1v) is 8.49. The first-order valence-electron chi connectivity index (χ1n) is 8.49. The summed E-state index contributed by atoms with van der Waals surface area (Å²) in [5.74, 6) is 0.173. The van der Waals surface area contributed by atoms with Gasteiger partial charge in [-0.1, -0.05) is 97.1 Å². The van der Waals surface area contributed by atoms with Crippen LogP contribution >= 0.6 is 0 Å². The molecule has 1 aliphatic rings. The Kier molecular flexibility index (Phi) is 4.14. The Labute approximate surface area is 148 Å². The molecule has 3 aromatic rings. The smallest absolute Gasteiger partial charge is 0.167 e. The Bertz CT molecular complexity index is 978. The monoisotopic (exact) mass is 322 g/mol. The zero-order valence-electron chi connectivity index (χ0n) is 13.9. The van der Waals surface area contributed by atoms with Crippen molar-refractivity contribution in [3.05, 3.63) is 103 Å². The van der Waals surface area contributed by atoms with Crippen LogP contribution in [-0.2, 0) is 4.79 Å². The molecule has 1 aliphatic carbocycles. The minimum atomic E-state index is 0.173. The lowest BCUT2D eigenvalue weighted by atomic mass is 9.87. The van der Waals surface area contributed by atoms with Gasteiger partial charge in [0, 0.05) is 12.0 Å². The summed E-state index contributed by atoms with van der Waals surface area (Å²) in [6.07, 6.45) is 6.28. The second kappa shape index (κ2) is 6.74. The molecule has 1 nitrogen and oxygen atoms in total. The molecule has 0 amide bonds. The fraction of sp³-hybridized carbons (Fsp3) is 0.0417. The van der Waals surface area contributed by atoms with Crippen molar-refractivity contribution in [1.82, 2.24) is 0 Å². The second-order valence-electron chi connectivity index (χ2n) is 6.09. The highest BCUT2D eigenvalue weighted by atomic mass is 16.1. The second-order valence-corrected chi connectivity index (χ2v) is 6.09. The molecule has 0 bridgehead atoms. The van der Waals surface area contributed by atoms with E-state index in [-0.39, 0.29) is 5.78 Å². The Balaban J connectivity index is 1.92. The largest absolute Gasteiger partial charge is 0.294 e. The number of Topliss-reactive ketones (excluding diaryl/α,β-unsaturated/α-hetero) is 1. The molecule has 0 unspecified atom stereocenters. The van der Waals surface area contributed by atoms with Crippen molar-refractivity contribution in [1.29, 1.82) is 0 Å². The van der Waals surface area contributed by atoms with Crippen LogP contribution < -0.4 is 0 Å². The van der Waals surface area contributed by atoms with Gasteiger partial charge in [0.25, 0.3) is 0 Å². The summed E-state index contributed by atoms with van der Waals surface area (Å²) in [5.41, 5.74) is 6.39. The topological polar surface area (TPSA) is 17.1 Å². The van der Waals surface area contributed by atoms with Crippen LogP contribution in [0.3, 0.4) is 0 Å². The number of rotatable bonds is 3. The lowest BCUT2D eigenvalue weighted by molar-refractivity contribution is -0.113. The number of benzene rings is 3. The molecule has 0 atom stereocenters. The van der Waals surface area contributed by atoms with Crippen molar-refractivity contribution in [2.24, 2.45) is 0 Å². The minimum absolute atomic E-state index is 0.173. The highest BCUT2D eigenvalue weighted by molar-refractivity contribution is 6.24. The normalized spacial score (nSPS) is 13.6. The summed E-state index contributed by atoms with van der Waals surface area (Å²) in [6, 6.07) is 26.9. The Morgan fingerprint density at radius 3 is 1.84 bits per heavy atom. The molecule has 0 N–H and O–H groups in total. The standard InChI is InChI=1S/C24H18O/c25-24-17-9-8-16-23(24)22-15-7-6-14-21(22)20-13-5-4-12-19(20)18-10-2-1-3-11-18/h1-16H,17H2. The van der Waals surface area contributed by atoms with Gasteiger partial charge in [-0.2, -0.15) is 0 Å². The quantitative estimate of drug-likeness (QED) is 0.584. The predicted octanol–water partition coefficient (Wildman–Crippen LogP) is 5.93.